The first kappa shape index (κ1) is 9.96. The standard InChI is InChI=1S/C9H12F3NO/c10-9(11,12)5-13-6-1-2-7(13)4-8(14)3-6/h6-7H,1-5H2. The Hall–Kier alpha value is -0.580. The predicted octanol–water partition coefficient (Wildman–Crippen LogP) is 1.74. The Balaban J connectivity index is 2.04. The van der Waals surface area contributed by atoms with Crippen molar-refractivity contribution in [2.45, 2.75) is 43.9 Å². The number of rotatable bonds is 1. The Morgan fingerprint density at radius 3 is 2.14 bits per heavy atom. The summed E-state index contributed by atoms with van der Waals surface area (Å²) in [7, 11) is 0. The highest BCUT2D eigenvalue weighted by Crippen LogP contribution is 2.35. The third-order valence-corrected chi connectivity index (χ3v) is 3.06. The van der Waals surface area contributed by atoms with E-state index in [4.69, 9.17) is 0 Å². The highest BCUT2D eigenvalue weighted by Gasteiger charge is 2.44. The Kier molecular flexibility index (Phi) is 2.29. The van der Waals surface area contributed by atoms with Gasteiger partial charge in [-0.15, -0.1) is 0 Å². The Labute approximate surface area is 80.1 Å². The lowest BCUT2D eigenvalue weighted by atomic mass is 10.0. The summed E-state index contributed by atoms with van der Waals surface area (Å²) >= 11 is 0. The number of halogens is 3. The van der Waals surface area contributed by atoms with Crippen molar-refractivity contribution in [3.8, 4) is 0 Å². The number of nitrogens with zero attached hydrogens (tertiary/aromatic N) is 1. The van der Waals surface area contributed by atoms with E-state index >= 15 is 0 Å². The first-order chi connectivity index (χ1) is 6.46. The van der Waals surface area contributed by atoms with Gasteiger partial charge in [0.05, 0.1) is 6.54 Å². The molecule has 80 valence electrons. The second-order valence-electron chi connectivity index (χ2n) is 4.12. The molecule has 2 aliphatic rings. The molecule has 2 aliphatic heterocycles. The molecule has 2 atom stereocenters. The average Bonchev–Trinajstić information content (AvgIpc) is 2.31. The van der Waals surface area contributed by atoms with Crippen LogP contribution >= 0.6 is 0 Å². The van der Waals surface area contributed by atoms with E-state index in [-0.39, 0.29) is 17.9 Å². The van der Waals surface area contributed by atoms with Crippen molar-refractivity contribution in [2.75, 3.05) is 6.54 Å². The maximum absolute atomic E-state index is 12.2. The number of hydrogen-bond donors (Lipinski definition) is 0. The Bertz CT molecular complexity index is 235. The fourth-order valence-corrected chi connectivity index (χ4v) is 2.53. The first-order valence-corrected chi connectivity index (χ1v) is 4.80. The van der Waals surface area contributed by atoms with Crippen LogP contribution < -0.4 is 0 Å². The van der Waals surface area contributed by atoms with E-state index in [1.807, 2.05) is 0 Å². The molecule has 2 heterocycles. The van der Waals surface area contributed by atoms with Crippen molar-refractivity contribution in [1.82, 2.24) is 4.90 Å². The summed E-state index contributed by atoms with van der Waals surface area (Å²) in [5, 5.41) is 0. The van der Waals surface area contributed by atoms with Gasteiger partial charge >= 0.3 is 6.18 Å². The SMILES string of the molecule is O=C1CC2CCC(C1)N2CC(F)(F)F. The van der Waals surface area contributed by atoms with Gasteiger partial charge in [-0.05, 0) is 12.8 Å². The lowest BCUT2D eigenvalue weighted by Crippen LogP contribution is -2.47. The smallest absolute Gasteiger partial charge is 0.300 e. The predicted molar refractivity (Wildman–Crippen MR) is 43.8 cm³/mol. The summed E-state index contributed by atoms with van der Waals surface area (Å²) in [6.45, 7) is -0.852. The normalized spacial score (nSPS) is 33.8. The van der Waals surface area contributed by atoms with E-state index in [0.717, 1.165) is 12.8 Å². The molecule has 0 saturated carbocycles. The van der Waals surface area contributed by atoms with Gasteiger partial charge in [0, 0.05) is 24.9 Å². The summed E-state index contributed by atoms with van der Waals surface area (Å²) < 4.78 is 36.6. The summed E-state index contributed by atoms with van der Waals surface area (Å²) in [5.74, 6) is 0.121. The van der Waals surface area contributed by atoms with E-state index in [9.17, 15) is 18.0 Å². The zero-order valence-electron chi connectivity index (χ0n) is 7.68. The van der Waals surface area contributed by atoms with Crippen LogP contribution in [-0.2, 0) is 4.79 Å². The van der Waals surface area contributed by atoms with Gasteiger partial charge in [0.25, 0.3) is 0 Å². The van der Waals surface area contributed by atoms with Gasteiger partial charge in [0.15, 0.2) is 0 Å². The third kappa shape index (κ3) is 1.92. The zero-order chi connectivity index (χ0) is 10.3. The van der Waals surface area contributed by atoms with E-state index in [0.29, 0.717) is 12.8 Å². The van der Waals surface area contributed by atoms with Gasteiger partial charge in [0.1, 0.15) is 5.78 Å². The van der Waals surface area contributed by atoms with Gasteiger partial charge in [-0.3, -0.25) is 9.69 Å². The lowest BCUT2D eigenvalue weighted by Gasteiger charge is -2.34. The van der Waals surface area contributed by atoms with Crippen LogP contribution in [-0.4, -0.2) is 35.5 Å². The molecular weight excluding hydrogens is 195 g/mol. The third-order valence-electron chi connectivity index (χ3n) is 3.06. The molecule has 2 unspecified atom stereocenters. The van der Waals surface area contributed by atoms with Crippen molar-refractivity contribution >= 4 is 5.78 Å². The van der Waals surface area contributed by atoms with Crippen LogP contribution in [0.1, 0.15) is 25.7 Å². The molecular formula is C9H12F3NO. The van der Waals surface area contributed by atoms with E-state index < -0.39 is 12.7 Å². The van der Waals surface area contributed by atoms with Crippen molar-refractivity contribution in [3.63, 3.8) is 0 Å². The average molecular weight is 207 g/mol. The molecule has 0 spiro atoms. The van der Waals surface area contributed by atoms with Gasteiger partial charge in [-0.1, -0.05) is 0 Å². The van der Waals surface area contributed by atoms with Gasteiger partial charge in [-0.2, -0.15) is 13.2 Å². The first-order valence-electron chi connectivity index (χ1n) is 4.80. The Morgan fingerprint density at radius 2 is 1.71 bits per heavy atom. The topological polar surface area (TPSA) is 20.3 Å². The molecule has 0 aromatic heterocycles. The molecule has 2 rings (SSSR count). The molecule has 0 N–H and O–H groups in total. The highest BCUT2D eigenvalue weighted by molar-refractivity contribution is 5.80. The number of fused-ring (bicyclic) bond motifs is 2. The lowest BCUT2D eigenvalue weighted by molar-refractivity contribution is -0.158. The minimum atomic E-state index is -4.14. The number of hydrogen-bond acceptors (Lipinski definition) is 2. The van der Waals surface area contributed by atoms with Crippen LogP contribution in [0.3, 0.4) is 0 Å². The van der Waals surface area contributed by atoms with Crippen molar-refractivity contribution in [1.29, 1.82) is 0 Å². The molecule has 2 saturated heterocycles. The highest BCUT2D eigenvalue weighted by atomic mass is 19.4. The monoisotopic (exact) mass is 207 g/mol. The molecule has 2 nitrogen and oxygen atoms in total. The molecule has 5 heteroatoms. The minimum absolute atomic E-state index is 0.121. The van der Waals surface area contributed by atoms with Crippen LogP contribution in [0.25, 0.3) is 0 Å². The second-order valence-corrected chi connectivity index (χ2v) is 4.12. The fourth-order valence-electron chi connectivity index (χ4n) is 2.53. The van der Waals surface area contributed by atoms with Crippen molar-refractivity contribution < 1.29 is 18.0 Å². The number of carbonyl (C=O) groups excluding carboxylic acids is 1. The molecule has 0 aromatic rings. The summed E-state index contributed by atoms with van der Waals surface area (Å²) in [6.07, 6.45) is -2.03. The van der Waals surface area contributed by atoms with E-state index in [2.05, 4.69) is 0 Å². The quantitative estimate of drug-likeness (QED) is 0.652. The molecule has 0 radical (unpaired) electrons. The molecule has 14 heavy (non-hydrogen) atoms. The molecule has 2 fully saturated rings. The van der Waals surface area contributed by atoms with Crippen molar-refractivity contribution in [2.24, 2.45) is 0 Å². The summed E-state index contributed by atoms with van der Waals surface area (Å²) in [4.78, 5) is 12.6. The zero-order valence-corrected chi connectivity index (χ0v) is 7.68. The number of carbonyl (C=O) groups is 1. The van der Waals surface area contributed by atoms with Crippen LogP contribution in [0.15, 0.2) is 0 Å². The maximum atomic E-state index is 12.2. The number of Topliss-reactive ketones (excluding diaryl/α,β-unsaturated/α-hetero) is 1. The number of ketones is 1. The van der Waals surface area contributed by atoms with Crippen LogP contribution in [0.2, 0.25) is 0 Å². The molecule has 0 aromatic carbocycles. The van der Waals surface area contributed by atoms with E-state index in [1.54, 1.807) is 0 Å². The maximum Gasteiger partial charge on any atom is 0.401 e. The van der Waals surface area contributed by atoms with Crippen LogP contribution in [0.4, 0.5) is 13.2 Å². The number of piperidine rings is 1. The minimum Gasteiger partial charge on any atom is -0.300 e. The number of alkyl halides is 3. The van der Waals surface area contributed by atoms with Crippen molar-refractivity contribution in [3.05, 3.63) is 0 Å². The summed E-state index contributed by atoms with van der Waals surface area (Å²) in [5.41, 5.74) is 0. The Morgan fingerprint density at radius 1 is 1.21 bits per heavy atom. The van der Waals surface area contributed by atoms with Crippen LogP contribution in [0, 0.1) is 0 Å². The van der Waals surface area contributed by atoms with Gasteiger partial charge < -0.3 is 0 Å². The van der Waals surface area contributed by atoms with Gasteiger partial charge in [0.2, 0.25) is 0 Å². The molecule has 2 bridgehead atoms. The molecule has 0 aliphatic carbocycles. The van der Waals surface area contributed by atoms with Crippen LogP contribution in [0.5, 0.6) is 0 Å². The fraction of sp³-hybridized carbons (Fsp3) is 0.889. The largest absolute Gasteiger partial charge is 0.401 e. The van der Waals surface area contributed by atoms with Gasteiger partial charge in [-0.25, -0.2) is 0 Å². The molecule has 0 amide bonds. The second kappa shape index (κ2) is 3.22. The van der Waals surface area contributed by atoms with E-state index in [1.165, 1.54) is 4.90 Å². The summed E-state index contributed by atoms with van der Waals surface area (Å²) in [6, 6.07) is -0.300.